The van der Waals surface area contributed by atoms with Crippen LogP contribution in [-0.2, 0) is 20.7 Å². The zero-order chi connectivity index (χ0) is 21.5. The molecule has 0 saturated carbocycles. The Balaban J connectivity index is 1.14. The summed E-state index contributed by atoms with van der Waals surface area (Å²) in [6.45, 7) is 1.85. The Morgan fingerprint density at radius 1 is 1.06 bits per heavy atom. The molecular weight excluding hydrogens is 398 g/mol. The van der Waals surface area contributed by atoms with Crippen LogP contribution in [0.3, 0.4) is 0 Å². The van der Waals surface area contributed by atoms with E-state index in [0.29, 0.717) is 31.7 Å². The molecule has 8 nitrogen and oxygen atoms in total. The van der Waals surface area contributed by atoms with Gasteiger partial charge in [-0.3, -0.25) is 9.59 Å². The highest BCUT2D eigenvalue weighted by atomic mass is 16.6. The summed E-state index contributed by atoms with van der Waals surface area (Å²) in [6, 6.07) is 15.2. The predicted octanol–water partition coefficient (Wildman–Crippen LogP) is 1.82. The van der Waals surface area contributed by atoms with Crippen molar-refractivity contribution in [2.75, 3.05) is 26.4 Å². The Hall–Kier alpha value is -3.39. The summed E-state index contributed by atoms with van der Waals surface area (Å²) in [5, 5.41) is 6.93. The summed E-state index contributed by atoms with van der Waals surface area (Å²) >= 11 is 0. The van der Waals surface area contributed by atoms with Crippen LogP contribution in [0.4, 0.5) is 0 Å². The molecule has 0 spiro atoms. The SMILES string of the molecule is O=C(COc1ccc(C2=NNC(=O)CC2)cc1)NCCc1ccc(OC[C@@H]2CO2)cc1. The highest BCUT2D eigenvalue weighted by Gasteiger charge is 2.22. The quantitative estimate of drug-likeness (QED) is 0.568. The number of amides is 2. The van der Waals surface area contributed by atoms with Crippen molar-refractivity contribution in [2.45, 2.75) is 25.4 Å². The van der Waals surface area contributed by atoms with E-state index in [9.17, 15) is 9.59 Å². The summed E-state index contributed by atoms with van der Waals surface area (Å²) in [7, 11) is 0. The molecule has 2 amide bonds. The van der Waals surface area contributed by atoms with Crippen molar-refractivity contribution in [1.29, 1.82) is 0 Å². The third kappa shape index (κ3) is 6.55. The van der Waals surface area contributed by atoms with E-state index in [0.717, 1.165) is 35.6 Å². The number of hydrogen-bond donors (Lipinski definition) is 2. The van der Waals surface area contributed by atoms with Crippen molar-refractivity contribution >= 4 is 17.5 Å². The smallest absolute Gasteiger partial charge is 0.257 e. The molecule has 2 aliphatic heterocycles. The summed E-state index contributed by atoms with van der Waals surface area (Å²) in [5.41, 5.74) is 5.36. The first kappa shape index (κ1) is 20.9. The maximum atomic E-state index is 12.0. The van der Waals surface area contributed by atoms with Gasteiger partial charge < -0.3 is 19.5 Å². The Labute approximate surface area is 180 Å². The molecule has 0 aromatic heterocycles. The molecule has 2 aliphatic rings. The number of hydrogen-bond acceptors (Lipinski definition) is 6. The van der Waals surface area contributed by atoms with Gasteiger partial charge in [0.25, 0.3) is 5.91 Å². The molecule has 2 heterocycles. The lowest BCUT2D eigenvalue weighted by Crippen LogP contribution is -2.30. The van der Waals surface area contributed by atoms with Gasteiger partial charge in [-0.05, 0) is 53.9 Å². The summed E-state index contributed by atoms with van der Waals surface area (Å²) in [4.78, 5) is 23.2. The number of ether oxygens (including phenoxy) is 3. The highest BCUT2D eigenvalue weighted by Crippen LogP contribution is 2.17. The number of hydrazone groups is 1. The molecule has 2 aromatic rings. The zero-order valence-corrected chi connectivity index (χ0v) is 17.1. The van der Waals surface area contributed by atoms with Crippen molar-refractivity contribution in [1.82, 2.24) is 10.7 Å². The molecule has 162 valence electrons. The largest absolute Gasteiger partial charge is 0.491 e. The van der Waals surface area contributed by atoms with E-state index >= 15 is 0 Å². The molecule has 0 aliphatic carbocycles. The number of nitrogens with zero attached hydrogens (tertiary/aromatic N) is 1. The van der Waals surface area contributed by atoms with Crippen LogP contribution in [0.1, 0.15) is 24.0 Å². The minimum atomic E-state index is -0.173. The lowest BCUT2D eigenvalue weighted by Gasteiger charge is -2.12. The van der Waals surface area contributed by atoms with E-state index in [-0.39, 0.29) is 24.5 Å². The Morgan fingerprint density at radius 3 is 2.45 bits per heavy atom. The van der Waals surface area contributed by atoms with Crippen LogP contribution in [0, 0.1) is 0 Å². The molecule has 0 radical (unpaired) electrons. The fourth-order valence-corrected chi connectivity index (χ4v) is 3.08. The summed E-state index contributed by atoms with van der Waals surface area (Å²) < 4.78 is 16.3. The molecule has 0 unspecified atom stereocenters. The van der Waals surface area contributed by atoms with Crippen LogP contribution in [0.15, 0.2) is 53.6 Å². The first-order valence-corrected chi connectivity index (χ1v) is 10.3. The van der Waals surface area contributed by atoms with E-state index in [1.165, 1.54) is 0 Å². The third-order valence-corrected chi connectivity index (χ3v) is 4.96. The van der Waals surface area contributed by atoms with Crippen LogP contribution < -0.4 is 20.2 Å². The van der Waals surface area contributed by atoms with Gasteiger partial charge >= 0.3 is 0 Å². The minimum absolute atomic E-state index is 0.0492. The summed E-state index contributed by atoms with van der Waals surface area (Å²) in [6.07, 6.45) is 2.01. The maximum Gasteiger partial charge on any atom is 0.257 e. The number of nitrogens with one attached hydrogen (secondary N) is 2. The van der Waals surface area contributed by atoms with E-state index in [2.05, 4.69) is 15.8 Å². The second-order valence-electron chi connectivity index (χ2n) is 7.42. The van der Waals surface area contributed by atoms with Gasteiger partial charge in [-0.15, -0.1) is 0 Å². The van der Waals surface area contributed by atoms with Crippen LogP contribution >= 0.6 is 0 Å². The van der Waals surface area contributed by atoms with Crippen molar-refractivity contribution in [3.8, 4) is 11.5 Å². The van der Waals surface area contributed by atoms with Gasteiger partial charge in [0.05, 0.1) is 12.3 Å². The second kappa shape index (κ2) is 10.1. The van der Waals surface area contributed by atoms with Crippen molar-refractivity contribution < 1.29 is 23.8 Å². The van der Waals surface area contributed by atoms with Crippen molar-refractivity contribution in [2.24, 2.45) is 5.10 Å². The Bertz CT molecular complexity index is 937. The Morgan fingerprint density at radius 2 is 1.77 bits per heavy atom. The summed E-state index contributed by atoms with van der Waals surface area (Å²) in [5.74, 6) is 1.18. The van der Waals surface area contributed by atoms with Gasteiger partial charge in [-0.2, -0.15) is 5.10 Å². The fraction of sp³-hybridized carbons (Fsp3) is 0.348. The van der Waals surface area contributed by atoms with Gasteiger partial charge in [0.2, 0.25) is 5.91 Å². The number of carbonyl (C=O) groups excluding carboxylic acids is 2. The monoisotopic (exact) mass is 423 g/mol. The van der Waals surface area contributed by atoms with Gasteiger partial charge in [0.15, 0.2) is 6.61 Å². The van der Waals surface area contributed by atoms with Crippen LogP contribution in [0.2, 0.25) is 0 Å². The van der Waals surface area contributed by atoms with Crippen LogP contribution in [-0.4, -0.2) is 50.0 Å². The highest BCUT2D eigenvalue weighted by molar-refractivity contribution is 6.04. The predicted molar refractivity (Wildman–Crippen MR) is 114 cm³/mol. The molecule has 1 saturated heterocycles. The molecule has 8 heteroatoms. The molecule has 1 atom stereocenters. The van der Waals surface area contributed by atoms with E-state index in [4.69, 9.17) is 14.2 Å². The van der Waals surface area contributed by atoms with Gasteiger partial charge in [-0.25, -0.2) is 5.43 Å². The van der Waals surface area contributed by atoms with E-state index in [1.807, 2.05) is 36.4 Å². The number of rotatable bonds is 10. The molecule has 0 bridgehead atoms. The minimum Gasteiger partial charge on any atom is -0.491 e. The van der Waals surface area contributed by atoms with Crippen molar-refractivity contribution in [3.05, 3.63) is 59.7 Å². The van der Waals surface area contributed by atoms with E-state index < -0.39 is 0 Å². The van der Waals surface area contributed by atoms with E-state index in [1.54, 1.807) is 12.1 Å². The normalized spacial score (nSPS) is 17.4. The average Bonchev–Trinajstić information content (AvgIpc) is 3.63. The lowest BCUT2D eigenvalue weighted by atomic mass is 10.0. The number of benzene rings is 2. The number of carbonyl (C=O) groups is 2. The fourth-order valence-electron chi connectivity index (χ4n) is 3.08. The third-order valence-electron chi connectivity index (χ3n) is 4.96. The molecule has 4 rings (SSSR count). The number of epoxide rings is 1. The van der Waals surface area contributed by atoms with Crippen molar-refractivity contribution in [3.63, 3.8) is 0 Å². The molecule has 2 N–H and O–H groups in total. The molecule has 2 aromatic carbocycles. The molecule has 1 fully saturated rings. The zero-order valence-electron chi connectivity index (χ0n) is 17.1. The first-order valence-electron chi connectivity index (χ1n) is 10.3. The topological polar surface area (TPSA) is 102 Å². The van der Waals surface area contributed by atoms with Gasteiger partial charge in [-0.1, -0.05) is 12.1 Å². The molecule has 31 heavy (non-hydrogen) atoms. The lowest BCUT2D eigenvalue weighted by molar-refractivity contribution is -0.123. The van der Waals surface area contributed by atoms with Crippen LogP contribution in [0.5, 0.6) is 11.5 Å². The van der Waals surface area contributed by atoms with Gasteiger partial charge in [0, 0.05) is 19.4 Å². The standard InChI is InChI=1S/C23H25N3O5/c27-22-10-9-21(25-26-22)17-3-7-19(8-4-17)31-15-23(28)24-12-11-16-1-5-18(6-2-16)29-13-20-14-30-20/h1-8,20H,9-15H2,(H,24,28)(H,26,27)/t20-/m1/s1. The van der Waals surface area contributed by atoms with Gasteiger partial charge in [0.1, 0.15) is 24.2 Å². The first-order chi connectivity index (χ1) is 15.2. The maximum absolute atomic E-state index is 12.0. The van der Waals surface area contributed by atoms with Crippen LogP contribution in [0.25, 0.3) is 0 Å². The average molecular weight is 423 g/mol. The molecular formula is C23H25N3O5. The second-order valence-corrected chi connectivity index (χ2v) is 7.42. The Kier molecular flexibility index (Phi) is 6.78.